The summed E-state index contributed by atoms with van der Waals surface area (Å²) in [6.45, 7) is 0.465. The van der Waals surface area contributed by atoms with Crippen LogP contribution in [0.3, 0.4) is 0 Å². The highest BCUT2D eigenvalue weighted by Gasteiger charge is 2.22. The minimum absolute atomic E-state index is 0.0387. The van der Waals surface area contributed by atoms with Crippen LogP contribution in [-0.2, 0) is 4.79 Å². The third-order valence-corrected chi connectivity index (χ3v) is 5.00. The molecule has 0 saturated heterocycles. The number of amides is 2. The molecule has 2 amide bonds. The molecule has 2 aromatic rings. The van der Waals surface area contributed by atoms with Gasteiger partial charge in [0.15, 0.2) is 11.8 Å². The third kappa shape index (κ3) is 3.63. The Kier molecular flexibility index (Phi) is 4.92. The average molecular weight is 346 g/mol. The molecule has 1 aliphatic heterocycles. The van der Waals surface area contributed by atoms with Crippen molar-refractivity contribution in [1.29, 1.82) is 0 Å². The number of likely N-dealkylation sites (N-methyl/N-ethyl adjacent to an activating group) is 1. The van der Waals surface area contributed by atoms with E-state index in [2.05, 4.69) is 10.6 Å². The number of carbonyl (C=O) groups is 2. The van der Waals surface area contributed by atoms with Gasteiger partial charge in [-0.05, 0) is 30.3 Å². The van der Waals surface area contributed by atoms with Crippen molar-refractivity contribution in [2.75, 3.05) is 31.7 Å². The Morgan fingerprint density at radius 1 is 1.42 bits per heavy atom. The molecule has 0 spiro atoms. The Morgan fingerprint density at radius 3 is 2.96 bits per heavy atom. The first-order valence-corrected chi connectivity index (χ1v) is 8.71. The Hall–Kier alpha value is -2.25. The molecule has 3 rings (SSSR count). The number of nitrogens with one attached hydrogen (secondary N) is 3. The molecule has 0 fully saturated rings. The van der Waals surface area contributed by atoms with Crippen LogP contribution in [-0.4, -0.2) is 38.2 Å². The smallest absolute Gasteiger partial charge is 0.251 e. The lowest BCUT2D eigenvalue weighted by Gasteiger charge is -2.20. The van der Waals surface area contributed by atoms with Crippen LogP contribution in [0.4, 0.5) is 5.69 Å². The zero-order chi connectivity index (χ0) is 17.1. The molecule has 1 atom stereocenters. The van der Waals surface area contributed by atoms with Crippen molar-refractivity contribution in [2.24, 2.45) is 0 Å². The largest absolute Gasteiger partial charge is 0.463 e. The predicted molar refractivity (Wildman–Crippen MR) is 92.4 cm³/mol. The van der Waals surface area contributed by atoms with Crippen LogP contribution in [0.2, 0.25) is 0 Å². The molecule has 3 N–H and O–H groups in total. The Morgan fingerprint density at radius 2 is 2.25 bits per heavy atom. The maximum atomic E-state index is 12.4. The molecule has 6 nitrogen and oxygen atoms in total. The molecule has 0 saturated carbocycles. The molecule has 1 aromatic heterocycles. The quantitative estimate of drug-likeness (QED) is 0.753. The maximum absolute atomic E-state index is 12.4. The van der Waals surface area contributed by atoms with E-state index in [1.165, 1.54) is 16.7 Å². The second-order valence-corrected chi connectivity index (χ2v) is 6.92. The van der Waals surface area contributed by atoms with Gasteiger partial charge in [0.2, 0.25) is 5.91 Å². The fourth-order valence-corrected chi connectivity index (χ4v) is 3.39. The molecule has 0 bridgehead atoms. The van der Waals surface area contributed by atoms with Gasteiger partial charge in [-0.15, -0.1) is 11.8 Å². The summed E-state index contributed by atoms with van der Waals surface area (Å²) in [7, 11) is 4.04. The van der Waals surface area contributed by atoms with Crippen LogP contribution >= 0.6 is 11.8 Å². The summed E-state index contributed by atoms with van der Waals surface area (Å²) in [6, 6.07) is 9.17. The van der Waals surface area contributed by atoms with E-state index in [0.717, 1.165) is 10.7 Å². The Balaban J connectivity index is 1.68. The highest BCUT2D eigenvalue weighted by Crippen LogP contribution is 2.31. The van der Waals surface area contributed by atoms with E-state index in [0.29, 0.717) is 23.5 Å². The van der Waals surface area contributed by atoms with Crippen LogP contribution in [0.15, 0.2) is 45.9 Å². The van der Waals surface area contributed by atoms with E-state index in [9.17, 15) is 9.59 Å². The molecule has 126 valence electrons. The minimum atomic E-state index is -0.166. The van der Waals surface area contributed by atoms with Crippen LogP contribution < -0.4 is 15.5 Å². The number of hydrogen-bond donors (Lipinski definition) is 3. The summed E-state index contributed by atoms with van der Waals surface area (Å²) >= 11 is 1.48. The summed E-state index contributed by atoms with van der Waals surface area (Å²) in [4.78, 5) is 26.1. The number of rotatable bonds is 5. The van der Waals surface area contributed by atoms with Crippen molar-refractivity contribution >= 4 is 29.3 Å². The minimum Gasteiger partial charge on any atom is -0.463 e. The summed E-state index contributed by atoms with van der Waals surface area (Å²) in [5.74, 6) is 1.04. The highest BCUT2D eigenvalue weighted by molar-refractivity contribution is 8.00. The van der Waals surface area contributed by atoms with Crippen molar-refractivity contribution in [3.8, 4) is 0 Å². The van der Waals surface area contributed by atoms with Gasteiger partial charge in [0.1, 0.15) is 0 Å². The number of anilines is 1. The lowest BCUT2D eigenvalue weighted by molar-refractivity contribution is -0.891. The van der Waals surface area contributed by atoms with E-state index in [4.69, 9.17) is 4.42 Å². The number of carbonyl (C=O) groups excluding carboxylic acids is 2. The van der Waals surface area contributed by atoms with Crippen molar-refractivity contribution in [1.82, 2.24) is 5.32 Å². The average Bonchev–Trinajstić information content (AvgIpc) is 3.08. The molecular weight excluding hydrogens is 326 g/mol. The molecule has 0 radical (unpaired) electrons. The second kappa shape index (κ2) is 7.11. The van der Waals surface area contributed by atoms with Crippen LogP contribution in [0.1, 0.15) is 22.2 Å². The number of benzene rings is 1. The summed E-state index contributed by atoms with van der Waals surface area (Å²) in [5, 5.41) is 5.75. The fourth-order valence-electron chi connectivity index (χ4n) is 2.60. The third-order valence-electron chi connectivity index (χ3n) is 3.92. The maximum Gasteiger partial charge on any atom is 0.251 e. The van der Waals surface area contributed by atoms with E-state index >= 15 is 0 Å². The molecule has 24 heavy (non-hydrogen) atoms. The zero-order valence-electron chi connectivity index (χ0n) is 13.6. The van der Waals surface area contributed by atoms with Gasteiger partial charge < -0.3 is 20.0 Å². The van der Waals surface area contributed by atoms with Gasteiger partial charge >= 0.3 is 0 Å². The zero-order valence-corrected chi connectivity index (χ0v) is 14.4. The van der Waals surface area contributed by atoms with E-state index in [1.807, 2.05) is 32.3 Å². The molecule has 1 aromatic carbocycles. The molecule has 1 aliphatic rings. The second-order valence-electron chi connectivity index (χ2n) is 5.90. The molecular formula is C17H20N3O3S+. The van der Waals surface area contributed by atoms with Gasteiger partial charge in [-0.3, -0.25) is 9.59 Å². The lowest BCUT2D eigenvalue weighted by Crippen LogP contribution is -3.07. The van der Waals surface area contributed by atoms with Gasteiger partial charge in [-0.2, -0.15) is 0 Å². The van der Waals surface area contributed by atoms with E-state index in [1.54, 1.807) is 18.4 Å². The first kappa shape index (κ1) is 16.6. The Labute approximate surface area is 144 Å². The topological polar surface area (TPSA) is 75.8 Å². The van der Waals surface area contributed by atoms with Crippen molar-refractivity contribution < 1.29 is 18.9 Å². The summed E-state index contributed by atoms with van der Waals surface area (Å²) < 4.78 is 5.46. The van der Waals surface area contributed by atoms with Crippen molar-refractivity contribution in [2.45, 2.75) is 10.9 Å². The fraction of sp³-hybridized carbons (Fsp3) is 0.294. The summed E-state index contributed by atoms with van der Waals surface area (Å²) in [6.07, 6.45) is 1.64. The number of furan rings is 1. The normalized spacial score (nSPS) is 14.9. The van der Waals surface area contributed by atoms with Crippen LogP contribution in [0, 0.1) is 0 Å². The first-order chi connectivity index (χ1) is 11.5. The summed E-state index contributed by atoms with van der Waals surface area (Å²) in [5.41, 5.74) is 1.23. The number of hydrogen-bond acceptors (Lipinski definition) is 4. The first-order valence-electron chi connectivity index (χ1n) is 7.73. The van der Waals surface area contributed by atoms with Gasteiger partial charge in [0, 0.05) is 10.5 Å². The van der Waals surface area contributed by atoms with Crippen LogP contribution in [0.25, 0.3) is 0 Å². The van der Waals surface area contributed by atoms with Gasteiger partial charge in [-0.25, -0.2) is 0 Å². The van der Waals surface area contributed by atoms with Gasteiger partial charge in [0.05, 0.1) is 38.3 Å². The molecule has 0 aliphatic carbocycles. The molecule has 0 unspecified atom stereocenters. The van der Waals surface area contributed by atoms with E-state index < -0.39 is 0 Å². The van der Waals surface area contributed by atoms with Crippen molar-refractivity contribution in [3.63, 3.8) is 0 Å². The predicted octanol–water partition coefficient (Wildman–Crippen LogP) is 0.939. The van der Waals surface area contributed by atoms with Crippen LogP contribution in [0.5, 0.6) is 0 Å². The van der Waals surface area contributed by atoms with Crippen molar-refractivity contribution in [3.05, 3.63) is 47.9 Å². The van der Waals surface area contributed by atoms with E-state index in [-0.39, 0.29) is 17.9 Å². The SMILES string of the molecule is C[NH+](C)[C@@H](CNC(=O)c1ccc2c(c1)NC(=O)CS2)c1ccco1. The standard InChI is InChI=1S/C17H19N3O3S/c1-20(2)13(14-4-3-7-23-14)9-18-17(22)11-5-6-15-12(8-11)19-16(21)10-24-15/h3-8,13H,9-10H2,1-2H3,(H,18,22)(H,19,21)/p+1/t13-/m0/s1. The number of thioether (sulfide) groups is 1. The highest BCUT2D eigenvalue weighted by atomic mass is 32.2. The lowest BCUT2D eigenvalue weighted by atomic mass is 10.1. The number of quaternary nitrogens is 1. The molecule has 2 heterocycles. The Bertz CT molecular complexity index is 744. The molecule has 7 heteroatoms. The number of fused-ring (bicyclic) bond motifs is 1. The van der Waals surface area contributed by atoms with Gasteiger partial charge in [-0.1, -0.05) is 0 Å². The monoisotopic (exact) mass is 346 g/mol. The van der Waals surface area contributed by atoms with Gasteiger partial charge in [0.25, 0.3) is 5.91 Å².